The summed E-state index contributed by atoms with van der Waals surface area (Å²) in [5.41, 5.74) is 5.90. The Kier molecular flexibility index (Phi) is 5.47. The van der Waals surface area contributed by atoms with Crippen LogP contribution < -0.4 is 25.8 Å². The standard InChI is InChI=1S/C26H20N2O6/c1-15-22(29)17-10-7-11-18(24(17)34-23(15)16-8-3-2-4-9-16)25(30)27-28-26(31)21-14-32-19-12-5-6-13-20(19)33-21/h2-13,21H,14H2,1H3,(H,27,30)(H,28,31)/t21-/m1/s1. The topological polar surface area (TPSA) is 107 Å². The van der Waals surface area contributed by atoms with Crippen molar-refractivity contribution in [2.75, 3.05) is 6.61 Å². The average molecular weight is 456 g/mol. The first-order valence-electron chi connectivity index (χ1n) is 10.6. The minimum atomic E-state index is -0.937. The lowest BCUT2D eigenvalue weighted by Gasteiger charge is -2.25. The molecule has 0 aliphatic carbocycles. The number of carbonyl (C=O) groups excluding carboxylic acids is 2. The summed E-state index contributed by atoms with van der Waals surface area (Å²) in [6.45, 7) is 1.69. The molecule has 2 heterocycles. The highest BCUT2D eigenvalue weighted by atomic mass is 16.6. The van der Waals surface area contributed by atoms with Gasteiger partial charge in [-0.1, -0.05) is 48.5 Å². The molecule has 8 nitrogen and oxygen atoms in total. The number of para-hydroxylation sites is 3. The van der Waals surface area contributed by atoms with E-state index < -0.39 is 17.9 Å². The Bertz CT molecular complexity index is 1460. The van der Waals surface area contributed by atoms with Crippen LogP contribution >= 0.6 is 0 Å². The second-order valence-corrected chi connectivity index (χ2v) is 7.74. The van der Waals surface area contributed by atoms with Crippen LogP contribution in [0.3, 0.4) is 0 Å². The van der Waals surface area contributed by atoms with Crippen molar-refractivity contribution in [1.82, 2.24) is 10.9 Å². The van der Waals surface area contributed by atoms with E-state index in [0.717, 1.165) is 5.56 Å². The van der Waals surface area contributed by atoms with Gasteiger partial charge in [-0.05, 0) is 31.2 Å². The molecular formula is C26H20N2O6. The predicted octanol–water partition coefficient (Wildman–Crippen LogP) is 3.37. The number of hydrazine groups is 1. The minimum Gasteiger partial charge on any atom is -0.485 e. The summed E-state index contributed by atoms with van der Waals surface area (Å²) in [4.78, 5) is 38.4. The molecule has 1 aromatic heterocycles. The molecular weight excluding hydrogens is 436 g/mol. The van der Waals surface area contributed by atoms with Crippen LogP contribution in [0.25, 0.3) is 22.3 Å². The summed E-state index contributed by atoms with van der Waals surface area (Å²) < 4.78 is 17.2. The molecule has 0 unspecified atom stereocenters. The highest BCUT2D eigenvalue weighted by Crippen LogP contribution is 2.31. The zero-order valence-electron chi connectivity index (χ0n) is 18.2. The van der Waals surface area contributed by atoms with Crippen molar-refractivity contribution in [3.05, 3.63) is 94.1 Å². The summed E-state index contributed by atoms with van der Waals surface area (Å²) in [7, 11) is 0. The number of ether oxygens (including phenoxy) is 2. The van der Waals surface area contributed by atoms with Crippen LogP contribution in [0.5, 0.6) is 11.5 Å². The average Bonchev–Trinajstić information content (AvgIpc) is 2.89. The molecule has 2 amide bonds. The largest absolute Gasteiger partial charge is 0.485 e. The fourth-order valence-corrected chi connectivity index (χ4v) is 3.77. The van der Waals surface area contributed by atoms with Gasteiger partial charge in [0.05, 0.1) is 10.9 Å². The molecule has 3 aromatic carbocycles. The molecule has 0 saturated heterocycles. The van der Waals surface area contributed by atoms with E-state index in [1.54, 1.807) is 43.3 Å². The lowest BCUT2D eigenvalue weighted by molar-refractivity contribution is -0.131. The smallest absolute Gasteiger partial charge is 0.283 e. The van der Waals surface area contributed by atoms with Crippen LogP contribution in [0.2, 0.25) is 0 Å². The molecule has 34 heavy (non-hydrogen) atoms. The van der Waals surface area contributed by atoms with Gasteiger partial charge in [0.1, 0.15) is 12.4 Å². The van der Waals surface area contributed by atoms with Gasteiger partial charge < -0.3 is 13.9 Å². The first-order valence-corrected chi connectivity index (χ1v) is 10.6. The van der Waals surface area contributed by atoms with Crippen LogP contribution in [0.4, 0.5) is 0 Å². The Labute approximate surface area is 194 Å². The van der Waals surface area contributed by atoms with E-state index in [9.17, 15) is 14.4 Å². The number of hydrogen-bond donors (Lipinski definition) is 2. The van der Waals surface area contributed by atoms with E-state index in [1.807, 2.05) is 30.3 Å². The SMILES string of the molecule is Cc1c(-c2ccccc2)oc2c(C(=O)NNC(=O)[C@H]3COc4ccccc4O3)cccc2c1=O. The number of benzene rings is 3. The Hall–Kier alpha value is -4.59. The van der Waals surface area contributed by atoms with Crippen molar-refractivity contribution in [1.29, 1.82) is 0 Å². The number of fused-ring (bicyclic) bond motifs is 2. The van der Waals surface area contributed by atoms with Crippen molar-refractivity contribution in [3.8, 4) is 22.8 Å². The number of carbonyl (C=O) groups is 2. The fraction of sp³-hybridized carbons (Fsp3) is 0.115. The molecule has 1 aliphatic heterocycles. The summed E-state index contributed by atoms with van der Waals surface area (Å²) >= 11 is 0. The van der Waals surface area contributed by atoms with Crippen molar-refractivity contribution >= 4 is 22.8 Å². The van der Waals surface area contributed by atoms with Crippen LogP contribution in [0.15, 0.2) is 82.0 Å². The van der Waals surface area contributed by atoms with E-state index in [0.29, 0.717) is 22.8 Å². The third-order valence-electron chi connectivity index (χ3n) is 5.53. The van der Waals surface area contributed by atoms with Crippen LogP contribution in [-0.4, -0.2) is 24.5 Å². The molecule has 1 atom stereocenters. The van der Waals surface area contributed by atoms with Crippen molar-refractivity contribution < 1.29 is 23.5 Å². The Morgan fingerprint density at radius 2 is 1.62 bits per heavy atom. The van der Waals surface area contributed by atoms with Gasteiger partial charge in [-0.15, -0.1) is 0 Å². The first-order chi connectivity index (χ1) is 16.5. The lowest BCUT2D eigenvalue weighted by Crippen LogP contribution is -2.50. The van der Waals surface area contributed by atoms with Gasteiger partial charge in [0.25, 0.3) is 11.8 Å². The Morgan fingerprint density at radius 3 is 2.41 bits per heavy atom. The highest BCUT2D eigenvalue weighted by molar-refractivity contribution is 6.05. The third kappa shape index (κ3) is 3.86. The second kappa shape index (κ2) is 8.74. The molecule has 0 fully saturated rings. The van der Waals surface area contributed by atoms with Crippen LogP contribution in [-0.2, 0) is 4.79 Å². The minimum absolute atomic E-state index is 0.00156. The summed E-state index contributed by atoms with van der Waals surface area (Å²) in [5, 5.41) is 0.275. The first kappa shape index (κ1) is 21.3. The van der Waals surface area contributed by atoms with Crippen molar-refractivity contribution in [2.24, 2.45) is 0 Å². The fourth-order valence-electron chi connectivity index (χ4n) is 3.77. The van der Waals surface area contributed by atoms with Gasteiger partial charge in [-0.3, -0.25) is 25.2 Å². The zero-order chi connectivity index (χ0) is 23.7. The summed E-state index contributed by atoms with van der Waals surface area (Å²) in [5.74, 6) is 0.159. The maximum Gasteiger partial charge on any atom is 0.283 e. The molecule has 4 aromatic rings. The van der Waals surface area contributed by atoms with E-state index >= 15 is 0 Å². The summed E-state index contributed by atoms with van der Waals surface area (Å²) in [6, 6.07) is 20.9. The number of rotatable bonds is 3. The number of hydrogen-bond acceptors (Lipinski definition) is 6. The van der Waals surface area contributed by atoms with Crippen molar-refractivity contribution in [3.63, 3.8) is 0 Å². The predicted molar refractivity (Wildman–Crippen MR) is 125 cm³/mol. The Balaban J connectivity index is 1.39. The monoisotopic (exact) mass is 456 g/mol. The molecule has 1 aliphatic rings. The molecule has 170 valence electrons. The lowest BCUT2D eigenvalue weighted by atomic mass is 10.0. The van der Waals surface area contributed by atoms with E-state index in [-0.39, 0.29) is 28.6 Å². The van der Waals surface area contributed by atoms with Crippen LogP contribution in [0.1, 0.15) is 15.9 Å². The van der Waals surface area contributed by atoms with E-state index in [1.165, 1.54) is 6.07 Å². The quantitative estimate of drug-likeness (QED) is 0.458. The van der Waals surface area contributed by atoms with Gasteiger partial charge in [0, 0.05) is 11.1 Å². The highest BCUT2D eigenvalue weighted by Gasteiger charge is 2.28. The molecule has 0 bridgehead atoms. The maximum atomic E-state index is 13.0. The van der Waals surface area contributed by atoms with Crippen molar-refractivity contribution in [2.45, 2.75) is 13.0 Å². The van der Waals surface area contributed by atoms with Gasteiger partial charge in [-0.2, -0.15) is 0 Å². The van der Waals surface area contributed by atoms with Gasteiger partial charge >= 0.3 is 0 Å². The molecule has 2 N–H and O–H groups in total. The second-order valence-electron chi connectivity index (χ2n) is 7.74. The molecule has 0 spiro atoms. The molecule has 0 radical (unpaired) electrons. The van der Waals surface area contributed by atoms with Gasteiger partial charge in [0.15, 0.2) is 22.5 Å². The summed E-state index contributed by atoms with van der Waals surface area (Å²) in [6.07, 6.45) is -0.937. The van der Waals surface area contributed by atoms with E-state index in [2.05, 4.69) is 10.9 Å². The maximum absolute atomic E-state index is 13.0. The van der Waals surface area contributed by atoms with E-state index in [4.69, 9.17) is 13.9 Å². The molecule has 5 rings (SSSR count). The third-order valence-corrected chi connectivity index (χ3v) is 5.53. The number of amides is 2. The molecule has 0 saturated carbocycles. The molecule has 8 heteroatoms. The van der Waals surface area contributed by atoms with Gasteiger partial charge in [0.2, 0.25) is 6.10 Å². The number of nitrogens with one attached hydrogen (secondary N) is 2. The van der Waals surface area contributed by atoms with Gasteiger partial charge in [-0.25, -0.2) is 0 Å². The zero-order valence-corrected chi connectivity index (χ0v) is 18.2. The van der Waals surface area contributed by atoms with Crippen LogP contribution in [0, 0.1) is 6.92 Å². The normalized spacial score (nSPS) is 14.4. The Morgan fingerprint density at radius 1 is 0.882 bits per heavy atom.